The highest BCUT2D eigenvalue weighted by Crippen LogP contribution is 2.65. The fourth-order valence-electron chi connectivity index (χ4n) is 7.00. The Balaban J connectivity index is 1.63. The molecule has 0 radical (unpaired) electrons. The predicted octanol–water partition coefficient (Wildman–Crippen LogP) is 5.19. The Morgan fingerprint density at radius 2 is 1.95 bits per heavy atom. The molecule has 22 heavy (non-hydrogen) atoms. The van der Waals surface area contributed by atoms with Crippen LogP contribution in [0.2, 0.25) is 0 Å². The third-order valence-electron chi connectivity index (χ3n) is 8.31. The van der Waals surface area contributed by atoms with Crippen molar-refractivity contribution in [2.24, 2.45) is 34.5 Å². The number of hydrogen-bond acceptors (Lipinski definition) is 2. The molecule has 122 valence electrons. The number of nitro groups is 1. The molecular weight excluding hydrogens is 274 g/mol. The number of rotatable bonds is 1. The van der Waals surface area contributed by atoms with Crippen molar-refractivity contribution in [2.75, 3.05) is 0 Å². The molecule has 0 amide bonds. The molecule has 0 aromatic heterocycles. The zero-order valence-electron chi connectivity index (χ0n) is 14.0. The minimum absolute atomic E-state index is 0.138. The second kappa shape index (κ2) is 4.82. The van der Waals surface area contributed by atoms with Crippen molar-refractivity contribution >= 4 is 0 Å². The van der Waals surface area contributed by atoms with E-state index >= 15 is 0 Å². The molecular formula is C19H29NO2. The average molecular weight is 303 g/mol. The summed E-state index contributed by atoms with van der Waals surface area (Å²) >= 11 is 0. The lowest BCUT2D eigenvalue weighted by Gasteiger charge is -2.59. The Morgan fingerprint density at radius 3 is 2.73 bits per heavy atom. The van der Waals surface area contributed by atoms with Gasteiger partial charge in [-0.1, -0.05) is 20.3 Å². The average Bonchev–Trinajstić information content (AvgIpc) is 2.88. The van der Waals surface area contributed by atoms with Gasteiger partial charge in [0.15, 0.2) is 0 Å². The molecule has 4 aliphatic carbocycles. The maximum atomic E-state index is 11.1. The molecule has 0 aromatic rings. The molecule has 6 atom stereocenters. The molecule has 4 aliphatic rings. The first-order chi connectivity index (χ1) is 10.4. The van der Waals surface area contributed by atoms with E-state index in [1.165, 1.54) is 44.9 Å². The summed E-state index contributed by atoms with van der Waals surface area (Å²) in [5, 5.41) is 11.1. The Labute approximate surface area is 133 Å². The lowest BCUT2D eigenvalue weighted by Crippen LogP contribution is -2.51. The highest BCUT2D eigenvalue weighted by Gasteiger charge is 2.57. The summed E-state index contributed by atoms with van der Waals surface area (Å²) in [6, 6.07) is 0. The molecule has 3 nitrogen and oxygen atoms in total. The SMILES string of the molecule is C[C@@]12CCC[C@H]1[C@@H]1CCC3CC([N+](=O)[O-])=CC[C@]3(C)[C@@H]1CC2. The summed E-state index contributed by atoms with van der Waals surface area (Å²) in [5.74, 6) is 3.19. The number of fused-ring (bicyclic) bond motifs is 5. The molecule has 0 heterocycles. The highest BCUT2D eigenvalue weighted by atomic mass is 16.6. The van der Waals surface area contributed by atoms with Crippen LogP contribution in [0.1, 0.15) is 71.6 Å². The molecule has 0 spiro atoms. The van der Waals surface area contributed by atoms with E-state index in [4.69, 9.17) is 0 Å². The van der Waals surface area contributed by atoms with Gasteiger partial charge in [-0.25, -0.2) is 0 Å². The maximum absolute atomic E-state index is 11.1. The summed E-state index contributed by atoms with van der Waals surface area (Å²) < 4.78 is 0. The number of hydrogen-bond donors (Lipinski definition) is 0. The first-order valence-corrected chi connectivity index (χ1v) is 9.27. The zero-order chi connectivity index (χ0) is 15.5. The van der Waals surface area contributed by atoms with Gasteiger partial charge < -0.3 is 0 Å². The van der Waals surface area contributed by atoms with Crippen LogP contribution in [0.5, 0.6) is 0 Å². The molecule has 3 fully saturated rings. The van der Waals surface area contributed by atoms with E-state index in [-0.39, 0.29) is 4.92 Å². The van der Waals surface area contributed by atoms with Crippen LogP contribution < -0.4 is 0 Å². The van der Waals surface area contributed by atoms with Crippen LogP contribution in [0, 0.1) is 44.6 Å². The Bertz CT molecular complexity index is 528. The maximum Gasteiger partial charge on any atom is 0.242 e. The van der Waals surface area contributed by atoms with Gasteiger partial charge in [-0.15, -0.1) is 0 Å². The van der Waals surface area contributed by atoms with Crippen molar-refractivity contribution in [1.29, 1.82) is 0 Å². The summed E-state index contributed by atoms with van der Waals surface area (Å²) in [6.45, 7) is 5.00. The zero-order valence-corrected chi connectivity index (χ0v) is 14.0. The van der Waals surface area contributed by atoms with Gasteiger partial charge in [0, 0.05) is 6.42 Å². The van der Waals surface area contributed by atoms with Gasteiger partial charge in [0.1, 0.15) is 0 Å². The van der Waals surface area contributed by atoms with Crippen molar-refractivity contribution in [3.05, 3.63) is 21.9 Å². The Hall–Kier alpha value is -0.860. The Morgan fingerprint density at radius 1 is 1.14 bits per heavy atom. The molecule has 0 N–H and O–H groups in total. The second-order valence-corrected chi connectivity index (χ2v) is 9.10. The van der Waals surface area contributed by atoms with Crippen LogP contribution in [-0.4, -0.2) is 4.92 Å². The van der Waals surface area contributed by atoms with Gasteiger partial charge >= 0.3 is 0 Å². The molecule has 3 heteroatoms. The van der Waals surface area contributed by atoms with Crippen LogP contribution >= 0.6 is 0 Å². The van der Waals surface area contributed by atoms with E-state index in [9.17, 15) is 10.1 Å². The van der Waals surface area contributed by atoms with Crippen LogP contribution in [0.15, 0.2) is 11.8 Å². The van der Waals surface area contributed by atoms with Gasteiger partial charge in [-0.3, -0.25) is 10.1 Å². The van der Waals surface area contributed by atoms with Gasteiger partial charge in [0.05, 0.1) is 4.92 Å². The fourth-order valence-corrected chi connectivity index (χ4v) is 7.00. The summed E-state index contributed by atoms with van der Waals surface area (Å²) in [5.41, 5.74) is 1.43. The summed E-state index contributed by atoms with van der Waals surface area (Å²) in [6.07, 6.45) is 13.2. The second-order valence-electron chi connectivity index (χ2n) is 9.10. The largest absolute Gasteiger partial charge is 0.259 e. The van der Waals surface area contributed by atoms with Gasteiger partial charge in [-0.05, 0) is 85.5 Å². The van der Waals surface area contributed by atoms with E-state index in [2.05, 4.69) is 13.8 Å². The number of nitrogens with zero attached hydrogens (tertiary/aromatic N) is 1. The first kappa shape index (κ1) is 14.7. The van der Waals surface area contributed by atoms with Gasteiger partial charge in [-0.2, -0.15) is 0 Å². The molecule has 3 saturated carbocycles. The third kappa shape index (κ3) is 1.93. The lowest BCUT2D eigenvalue weighted by atomic mass is 9.46. The van der Waals surface area contributed by atoms with Crippen molar-refractivity contribution < 1.29 is 4.92 Å². The third-order valence-corrected chi connectivity index (χ3v) is 8.31. The van der Waals surface area contributed by atoms with Crippen LogP contribution in [0.3, 0.4) is 0 Å². The number of allylic oxidation sites excluding steroid dienone is 2. The van der Waals surface area contributed by atoms with E-state index < -0.39 is 0 Å². The van der Waals surface area contributed by atoms with Crippen LogP contribution in [0.25, 0.3) is 0 Å². The van der Waals surface area contributed by atoms with Crippen molar-refractivity contribution in [3.63, 3.8) is 0 Å². The van der Waals surface area contributed by atoms with Gasteiger partial charge in [0.25, 0.3) is 0 Å². The normalized spacial score (nSPS) is 50.5. The van der Waals surface area contributed by atoms with E-state index in [0.717, 1.165) is 24.2 Å². The minimum atomic E-state index is -0.138. The highest BCUT2D eigenvalue weighted by molar-refractivity contribution is 5.13. The van der Waals surface area contributed by atoms with Crippen molar-refractivity contribution in [1.82, 2.24) is 0 Å². The van der Waals surface area contributed by atoms with Crippen LogP contribution in [0.4, 0.5) is 0 Å². The smallest absolute Gasteiger partial charge is 0.242 e. The predicted molar refractivity (Wildman–Crippen MR) is 86.8 cm³/mol. The first-order valence-electron chi connectivity index (χ1n) is 9.27. The quantitative estimate of drug-likeness (QED) is 0.494. The van der Waals surface area contributed by atoms with Crippen molar-refractivity contribution in [3.8, 4) is 0 Å². The lowest BCUT2D eigenvalue weighted by molar-refractivity contribution is -0.431. The van der Waals surface area contributed by atoms with E-state index in [1.54, 1.807) is 0 Å². The molecule has 0 aliphatic heterocycles. The standard InChI is InChI=1S/C19H29NO2/c1-18-9-3-4-16(18)15-6-5-13-12-14(20(21)22)7-11-19(13,2)17(15)8-10-18/h7,13,15-17H,3-6,8-12H2,1-2H3/t13?,15-,16-,17+,18-,19-/m0/s1. The molecule has 1 unspecified atom stereocenters. The minimum Gasteiger partial charge on any atom is -0.259 e. The van der Waals surface area contributed by atoms with E-state index in [1.807, 2.05) is 6.08 Å². The topological polar surface area (TPSA) is 43.1 Å². The summed E-state index contributed by atoms with van der Waals surface area (Å²) in [7, 11) is 0. The summed E-state index contributed by atoms with van der Waals surface area (Å²) in [4.78, 5) is 11.0. The molecule has 0 bridgehead atoms. The van der Waals surface area contributed by atoms with E-state index in [0.29, 0.717) is 28.9 Å². The fraction of sp³-hybridized carbons (Fsp3) is 0.895. The molecule has 0 aromatic carbocycles. The molecule has 0 saturated heterocycles. The molecule has 4 rings (SSSR count). The van der Waals surface area contributed by atoms with Crippen molar-refractivity contribution in [2.45, 2.75) is 71.6 Å². The van der Waals surface area contributed by atoms with Crippen LogP contribution in [-0.2, 0) is 0 Å². The Kier molecular flexibility index (Phi) is 3.22. The monoisotopic (exact) mass is 303 g/mol. The van der Waals surface area contributed by atoms with Gasteiger partial charge in [0.2, 0.25) is 5.70 Å².